The zero-order valence-electron chi connectivity index (χ0n) is 11.8. The molecule has 3 aromatic rings. The Balaban J connectivity index is 2.26. The van der Waals surface area contributed by atoms with Gasteiger partial charge in [-0.25, -0.2) is 12.4 Å². The lowest BCUT2D eigenvalue weighted by atomic mass is 10.2. The summed E-state index contributed by atoms with van der Waals surface area (Å²) in [5.74, 6) is 0. The maximum atomic E-state index is 12.8. The monoisotopic (exact) mass is 317 g/mol. The summed E-state index contributed by atoms with van der Waals surface area (Å²) in [7, 11) is -3.57. The van der Waals surface area contributed by atoms with Crippen LogP contribution in [0.3, 0.4) is 0 Å². The first-order chi connectivity index (χ1) is 10.0. The number of aryl methyl sites for hydroxylation is 1. The molecule has 108 valence electrons. The molecule has 5 heteroatoms. The Morgan fingerprint density at radius 1 is 1.00 bits per heavy atom. The molecule has 0 atom stereocenters. The average molecular weight is 317 g/mol. The number of rotatable bonds is 3. The lowest BCUT2D eigenvalue weighted by molar-refractivity contribution is 0.589. The van der Waals surface area contributed by atoms with Crippen molar-refractivity contribution in [2.24, 2.45) is 0 Å². The van der Waals surface area contributed by atoms with Gasteiger partial charge < -0.3 is 0 Å². The Bertz CT molecular complexity index is 894. The van der Waals surface area contributed by atoms with E-state index in [-0.39, 0.29) is 0 Å². The van der Waals surface area contributed by atoms with Crippen LogP contribution in [0.2, 0.25) is 0 Å². The zero-order chi connectivity index (χ0) is 15.0. The van der Waals surface area contributed by atoms with Crippen molar-refractivity contribution in [1.29, 1.82) is 0 Å². The largest absolute Gasteiger partial charge is 0.268 e. The smallest absolute Gasteiger partial charge is 0.240 e. The van der Waals surface area contributed by atoms with Gasteiger partial charge in [0, 0.05) is 16.5 Å². The molecule has 3 nitrogen and oxygen atoms in total. The summed E-state index contributed by atoms with van der Waals surface area (Å²) in [5, 5.41) is 0.959. The highest BCUT2D eigenvalue weighted by Crippen LogP contribution is 2.31. The van der Waals surface area contributed by atoms with Crippen molar-refractivity contribution < 1.29 is 8.42 Å². The summed E-state index contributed by atoms with van der Waals surface area (Å²) in [4.78, 5) is 1.27. The molecule has 3 rings (SSSR count). The second-order valence-electron chi connectivity index (χ2n) is 4.83. The Hall–Kier alpha value is -1.72. The lowest BCUT2D eigenvalue weighted by Gasteiger charge is -2.07. The van der Waals surface area contributed by atoms with Crippen LogP contribution >= 0.6 is 11.8 Å². The van der Waals surface area contributed by atoms with Crippen molar-refractivity contribution in [2.75, 3.05) is 6.26 Å². The SMILES string of the molecule is CSc1cn(S(=O)(=O)c2ccc(C)cc2)c2ccccc12. The van der Waals surface area contributed by atoms with Crippen molar-refractivity contribution >= 4 is 32.7 Å². The molecule has 0 amide bonds. The maximum absolute atomic E-state index is 12.8. The van der Waals surface area contributed by atoms with E-state index in [1.54, 1.807) is 30.1 Å². The summed E-state index contributed by atoms with van der Waals surface area (Å²) in [5.41, 5.74) is 1.75. The van der Waals surface area contributed by atoms with Gasteiger partial charge in [-0.15, -0.1) is 11.8 Å². The van der Waals surface area contributed by atoms with Gasteiger partial charge in [-0.2, -0.15) is 0 Å². The van der Waals surface area contributed by atoms with Crippen LogP contribution in [0, 0.1) is 6.92 Å². The Labute approximate surface area is 128 Å². The van der Waals surface area contributed by atoms with Crippen LogP contribution in [0.25, 0.3) is 10.9 Å². The van der Waals surface area contributed by atoms with Crippen LogP contribution in [0.4, 0.5) is 0 Å². The molecule has 1 aromatic heterocycles. The Morgan fingerprint density at radius 2 is 1.67 bits per heavy atom. The van der Waals surface area contributed by atoms with E-state index in [4.69, 9.17) is 0 Å². The van der Waals surface area contributed by atoms with E-state index in [9.17, 15) is 8.42 Å². The van der Waals surface area contributed by atoms with E-state index in [2.05, 4.69) is 0 Å². The van der Waals surface area contributed by atoms with E-state index in [0.29, 0.717) is 10.4 Å². The summed E-state index contributed by atoms with van der Waals surface area (Å²) in [6.45, 7) is 1.94. The number of benzene rings is 2. The molecule has 0 fully saturated rings. The van der Waals surface area contributed by atoms with E-state index in [1.807, 2.05) is 49.6 Å². The molecule has 2 aromatic carbocycles. The van der Waals surface area contributed by atoms with E-state index >= 15 is 0 Å². The van der Waals surface area contributed by atoms with Crippen LogP contribution < -0.4 is 0 Å². The molecule has 0 bridgehead atoms. The molecule has 0 aliphatic carbocycles. The second kappa shape index (κ2) is 5.24. The van der Waals surface area contributed by atoms with Gasteiger partial charge in [0.25, 0.3) is 10.0 Å². The number of hydrogen-bond acceptors (Lipinski definition) is 3. The summed E-state index contributed by atoms with van der Waals surface area (Å²) in [6.07, 6.45) is 3.65. The van der Waals surface area contributed by atoms with Crippen LogP contribution in [-0.4, -0.2) is 18.6 Å². The highest BCUT2D eigenvalue weighted by Gasteiger charge is 2.20. The van der Waals surface area contributed by atoms with Crippen LogP contribution in [0.5, 0.6) is 0 Å². The third-order valence-electron chi connectivity index (χ3n) is 3.44. The molecule has 21 heavy (non-hydrogen) atoms. The molecular formula is C16H15NO2S2. The molecule has 0 radical (unpaired) electrons. The fourth-order valence-corrected chi connectivity index (χ4v) is 4.34. The van der Waals surface area contributed by atoms with Gasteiger partial charge in [0.15, 0.2) is 0 Å². The van der Waals surface area contributed by atoms with Gasteiger partial charge in [-0.1, -0.05) is 35.9 Å². The standard InChI is InChI=1S/C16H15NO2S2/c1-12-7-9-13(10-8-12)21(18,19)17-11-16(20-2)14-5-3-4-6-15(14)17/h3-11H,1-2H3. The number of thioether (sulfide) groups is 1. The van der Waals surface area contributed by atoms with Gasteiger partial charge in [-0.3, -0.25) is 0 Å². The van der Waals surface area contributed by atoms with Crippen molar-refractivity contribution in [1.82, 2.24) is 3.97 Å². The zero-order valence-corrected chi connectivity index (χ0v) is 13.4. The quantitative estimate of drug-likeness (QED) is 0.688. The molecule has 0 saturated carbocycles. The van der Waals surface area contributed by atoms with E-state index < -0.39 is 10.0 Å². The van der Waals surface area contributed by atoms with E-state index in [0.717, 1.165) is 15.8 Å². The first kappa shape index (κ1) is 14.2. The molecule has 0 unspecified atom stereocenters. The Kier molecular flexibility index (Phi) is 3.55. The number of aromatic nitrogens is 1. The normalized spacial score (nSPS) is 11.9. The molecule has 0 N–H and O–H groups in total. The minimum absolute atomic E-state index is 0.307. The number of hydrogen-bond donors (Lipinski definition) is 0. The van der Waals surface area contributed by atoms with Gasteiger partial charge in [0.2, 0.25) is 0 Å². The first-order valence-electron chi connectivity index (χ1n) is 6.50. The Morgan fingerprint density at radius 3 is 2.33 bits per heavy atom. The summed E-state index contributed by atoms with van der Waals surface area (Å²) >= 11 is 1.55. The molecule has 0 saturated heterocycles. The number of para-hydroxylation sites is 1. The summed E-state index contributed by atoms with van der Waals surface area (Å²) in [6, 6.07) is 14.5. The fourth-order valence-electron chi connectivity index (χ4n) is 2.31. The number of fused-ring (bicyclic) bond motifs is 1. The number of nitrogens with zero attached hydrogens (tertiary/aromatic N) is 1. The molecule has 0 aliphatic heterocycles. The molecule has 0 aliphatic rings. The average Bonchev–Trinajstić information content (AvgIpc) is 2.87. The van der Waals surface area contributed by atoms with Crippen molar-refractivity contribution in [3.8, 4) is 0 Å². The highest BCUT2D eigenvalue weighted by molar-refractivity contribution is 7.99. The predicted octanol–water partition coefficient (Wildman–Crippen LogP) is 3.91. The predicted molar refractivity (Wildman–Crippen MR) is 87.5 cm³/mol. The first-order valence-corrected chi connectivity index (χ1v) is 9.17. The maximum Gasteiger partial charge on any atom is 0.268 e. The van der Waals surface area contributed by atoms with Crippen molar-refractivity contribution in [3.63, 3.8) is 0 Å². The highest BCUT2D eigenvalue weighted by atomic mass is 32.2. The molecular weight excluding hydrogens is 302 g/mol. The van der Waals surface area contributed by atoms with Gasteiger partial charge in [0.1, 0.15) is 0 Å². The van der Waals surface area contributed by atoms with Gasteiger partial charge in [-0.05, 0) is 31.4 Å². The molecule has 0 spiro atoms. The van der Waals surface area contributed by atoms with Crippen LogP contribution in [0.1, 0.15) is 5.56 Å². The fraction of sp³-hybridized carbons (Fsp3) is 0.125. The minimum Gasteiger partial charge on any atom is -0.240 e. The third-order valence-corrected chi connectivity index (χ3v) is 5.89. The van der Waals surface area contributed by atoms with Crippen LogP contribution in [0.15, 0.2) is 64.5 Å². The van der Waals surface area contributed by atoms with Gasteiger partial charge >= 0.3 is 0 Å². The molecule has 1 heterocycles. The minimum atomic E-state index is -3.57. The van der Waals surface area contributed by atoms with E-state index in [1.165, 1.54) is 3.97 Å². The van der Waals surface area contributed by atoms with Crippen molar-refractivity contribution in [3.05, 3.63) is 60.3 Å². The lowest BCUT2D eigenvalue weighted by Crippen LogP contribution is -2.11. The topological polar surface area (TPSA) is 39.1 Å². The van der Waals surface area contributed by atoms with Crippen LogP contribution in [-0.2, 0) is 10.0 Å². The van der Waals surface area contributed by atoms with Crippen molar-refractivity contribution in [2.45, 2.75) is 16.7 Å². The third kappa shape index (κ3) is 2.36. The summed E-state index contributed by atoms with van der Waals surface area (Å²) < 4.78 is 27.1. The van der Waals surface area contributed by atoms with Gasteiger partial charge in [0.05, 0.1) is 10.4 Å². The second-order valence-corrected chi connectivity index (χ2v) is 7.49.